The lowest BCUT2D eigenvalue weighted by Crippen LogP contribution is -2.50. The lowest BCUT2D eigenvalue weighted by molar-refractivity contribution is -0.144. The third kappa shape index (κ3) is 3.21. The van der Waals surface area contributed by atoms with Gasteiger partial charge in [-0.3, -0.25) is 0 Å². The molecule has 1 aromatic carbocycles. The molecule has 0 heterocycles. The van der Waals surface area contributed by atoms with Crippen LogP contribution in [0.3, 0.4) is 0 Å². The Kier molecular flexibility index (Phi) is 4.19. The summed E-state index contributed by atoms with van der Waals surface area (Å²) in [5.41, 5.74) is -0.0242. The maximum absolute atomic E-state index is 11.9. The Labute approximate surface area is 138 Å². The molecule has 0 saturated heterocycles. The Bertz CT molecular complexity index is 561. The smallest absolute Gasteiger partial charge is 0.329 e. The van der Waals surface area contributed by atoms with E-state index in [0.717, 1.165) is 28.9 Å². The van der Waals surface area contributed by atoms with Crippen LogP contribution in [0.5, 0.6) is 0 Å². The maximum Gasteiger partial charge on any atom is 0.329 e. The fourth-order valence-electron chi connectivity index (χ4n) is 3.50. The van der Waals surface area contributed by atoms with Gasteiger partial charge in [-0.15, -0.1) is 0 Å². The molecule has 114 valence electrons. The molecule has 0 amide bonds. The third-order valence-electron chi connectivity index (χ3n) is 4.79. The van der Waals surface area contributed by atoms with E-state index in [1.165, 1.54) is 19.3 Å². The van der Waals surface area contributed by atoms with Gasteiger partial charge in [0, 0.05) is 10.2 Å². The van der Waals surface area contributed by atoms with Crippen molar-refractivity contribution in [2.75, 3.05) is 5.32 Å². The number of nitrogens with one attached hydrogen (secondary N) is 1. The SMILES string of the molecule is O=C(O)C1(Nc2ccc(Cl)c(Br)c2)CCCC(C2CC2)C1. The van der Waals surface area contributed by atoms with Crippen LogP contribution in [0.2, 0.25) is 5.02 Å². The molecule has 3 nitrogen and oxygen atoms in total. The molecule has 2 saturated carbocycles. The monoisotopic (exact) mass is 371 g/mol. The summed E-state index contributed by atoms with van der Waals surface area (Å²) in [6.45, 7) is 0. The highest BCUT2D eigenvalue weighted by Crippen LogP contribution is 2.47. The number of hydrogen-bond acceptors (Lipinski definition) is 2. The quantitative estimate of drug-likeness (QED) is 0.787. The number of carbonyl (C=O) groups is 1. The first-order valence-electron chi connectivity index (χ1n) is 7.47. The van der Waals surface area contributed by atoms with E-state index in [-0.39, 0.29) is 0 Å². The van der Waals surface area contributed by atoms with Gasteiger partial charge in [-0.2, -0.15) is 0 Å². The van der Waals surface area contributed by atoms with Gasteiger partial charge in [0.1, 0.15) is 5.54 Å². The number of anilines is 1. The molecule has 0 radical (unpaired) electrons. The number of halogens is 2. The average molecular weight is 373 g/mol. The summed E-state index contributed by atoms with van der Waals surface area (Å²) in [6, 6.07) is 5.48. The Morgan fingerprint density at radius 1 is 1.33 bits per heavy atom. The summed E-state index contributed by atoms with van der Waals surface area (Å²) in [6.07, 6.45) is 6.11. The van der Waals surface area contributed by atoms with Crippen molar-refractivity contribution in [1.29, 1.82) is 0 Å². The third-order valence-corrected chi connectivity index (χ3v) is 6.00. The molecule has 2 atom stereocenters. The fraction of sp³-hybridized carbons (Fsp3) is 0.562. The van der Waals surface area contributed by atoms with Crippen molar-refractivity contribution in [2.45, 2.75) is 44.1 Å². The molecule has 5 heteroatoms. The van der Waals surface area contributed by atoms with Crippen LogP contribution in [0, 0.1) is 11.8 Å². The van der Waals surface area contributed by atoms with Crippen LogP contribution < -0.4 is 5.32 Å². The number of carboxylic acids is 1. The van der Waals surface area contributed by atoms with E-state index in [1.54, 1.807) is 6.07 Å². The van der Waals surface area contributed by atoms with Crippen molar-refractivity contribution in [3.63, 3.8) is 0 Å². The molecule has 2 aliphatic carbocycles. The molecule has 1 aromatic rings. The van der Waals surface area contributed by atoms with Gasteiger partial charge in [-0.25, -0.2) is 4.79 Å². The number of aliphatic carboxylic acids is 1. The molecule has 3 rings (SSSR count). The second kappa shape index (κ2) is 5.81. The van der Waals surface area contributed by atoms with Crippen molar-refractivity contribution in [3.05, 3.63) is 27.7 Å². The highest BCUT2D eigenvalue weighted by molar-refractivity contribution is 9.10. The van der Waals surface area contributed by atoms with Gasteiger partial charge in [0.15, 0.2) is 0 Å². The summed E-state index contributed by atoms with van der Waals surface area (Å²) in [4.78, 5) is 11.9. The minimum atomic E-state index is -0.835. The first-order chi connectivity index (χ1) is 10.00. The van der Waals surface area contributed by atoms with E-state index in [4.69, 9.17) is 11.6 Å². The summed E-state index contributed by atoms with van der Waals surface area (Å²) < 4.78 is 0.782. The number of hydrogen-bond donors (Lipinski definition) is 2. The molecule has 0 spiro atoms. The summed E-state index contributed by atoms with van der Waals surface area (Å²) in [7, 11) is 0. The highest BCUT2D eigenvalue weighted by Gasteiger charge is 2.46. The van der Waals surface area contributed by atoms with E-state index in [1.807, 2.05) is 12.1 Å². The topological polar surface area (TPSA) is 49.3 Å². The van der Waals surface area contributed by atoms with Gasteiger partial charge in [-0.05, 0) is 78.1 Å². The largest absolute Gasteiger partial charge is 0.480 e. The van der Waals surface area contributed by atoms with E-state index in [2.05, 4.69) is 21.2 Å². The lowest BCUT2D eigenvalue weighted by atomic mass is 9.73. The number of benzene rings is 1. The van der Waals surface area contributed by atoms with Crippen molar-refractivity contribution in [1.82, 2.24) is 0 Å². The maximum atomic E-state index is 11.9. The Hall–Kier alpha value is -0.740. The van der Waals surface area contributed by atoms with Crippen molar-refractivity contribution in [3.8, 4) is 0 Å². The molecule has 0 aromatic heterocycles. The predicted octanol–water partition coefficient (Wildman–Crippen LogP) is 4.94. The number of carboxylic acid groups (broad SMARTS) is 1. The second-order valence-corrected chi connectivity index (χ2v) is 7.60. The molecule has 0 bridgehead atoms. The van der Waals surface area contributed by atoms with E-state index >= 15 is 0 Å². The summed E-state index contributed by atoms with van der Waals surface area (Å²) >= 11 is 9.39. The highest BCUT2D eigenvalue weighted by atomic mass is 79.9. The Morgan fingerprint density at radius 3 is 2.71 bits per heavy atom. The molecule has 2 N–H and O–H groups in total. The first-order valence-corrected chi connectivity index (χ1v) is 8.64. The Balaban J connectivity index is 1.82. The minimum Gasteiger partial charge on any atom is -0.480 e. The second-order valence-electron chi connectivity index (χ2n) is 6.34. The van der Waals surface area contributed by atoms with Gasteiger partial charge < -0.3 is 10.4 Å². The predicted molar refractivity (Wildman–Crippen MR) is 87.8 cm³/mol. The van der Waals surface area contributed by atoms with Gasteiger partial charge in [0.05, 0.1) is 5.02 Å². The summed E-state index contributed by atoms with van der Waals surface area (Å²) in [5.74, 6) is 0.569. The first kappa shape index (κ1) is 15.2. The van der Waals surface area contributed by atoms with Gasteiger partial charge in [0.25, 0.3) is 0 Å². The van der Waals surface area contributed by atoms with Gasteiger partial charge in [-0.1, -0.05) is 18.0 Å². The lowest BCUT2D eigenvalue weighted by Gasteiger charge is -2.39. The molecule has 2 fully saturated rings. The summed E-state index contributed by atoms with van der Waals surface area (Å²) in [5, 5.41) is 13.7. The normalized spacial score (nSPS) is 29.1. The zero-order chi connectivity index (χ0) is 15.0. The fourth-order valence-corrected chi connectivity index (χ4v) is 4.00. The van der Waals surface area contributed by atoms with E-state index in [9.17, 15) is 9.90 Å². The van der Waals surface area contributed by atoms with Crippen LogP contribution in [0.1, 0.15) is 38.5 Å². The van der Waals surface area contributed by atoms with Crippen LogP contribution in [-0.4, -0.2) is 16.6 Å². The van der Waals surface area contributed by atoms with Crippen LogP contribution in [0.4, 0.5) is 5.69 Å². The van der Waals surface area contributed by atoms with E-state index in [0.29, 0.717) is 17.4 Å². The minimum absolute atomic E-state index is 0.554. The van der Waals surface area contributed by atoms with Crippen molar-refractivity contribution >= 4 is 39.2 Å². The molecular formula is C16H19BrClNO2. The molecular weight excluding hydrogens is 354 g/mol. The Morgan fingerprint density at radius 2 is 2.10 bits per heavy atom. The van der Waals surface area contributed by atoms with Gasteiger partial charge in [0.2, 0.25) is 0 Å². The van der Waals surface area contributed by atoms with E-state index < -0.39 is 11.5 Å². The van der Waals surface area contributed by atoms with Gasteiger partial charge >= 0.3 is 5.97 Å². The average Bonchev–Trinajstić information content (AvgIpc) is 3.28. The number of rotatable bonds is 4. The van der Waals surface area contributed by atoms with Crippen molar-refractivity contribution < 1.29 is 9.90 Å². The van der Waals surface area contributed by atoms with Crippen LogP contribution >= 0.6 is 27.5 Å². The molecule has 2 unspecified atom stereocenters. The molecule has 0 aliphatic heterocycles. The zero-order valence-corrected chi connectivity index (χ0v) is 14.1. The molecule has 2 aliphatic rings. The van der Waals surface area contributed by atoms with Crippen molar-refractivity contribution in [2.24, 2.45) is 11.8 Å². The van der Waals surface area contributed by atoms with Crippen LogP contribution in [-0.2, 0) is 4.79 Å². The van der Waals surface area contributed by atoms with Crippen LogP contribution in [0.25, 0.3) is 0 Å². The van der Waals surface area contributed by atoms with Crippen LogP contribution in [0.15, 0.2) is 22.7 Å². The standard InChI is InChI=1S/C16H19BrClNO2/c17-13-8-12(5-6-14(13)18)19-16(15(20)21)7-1-2-11(9-16)10-3-4-10/h5-6,8,10-11,19H,1-4,7,9H2,(H,20,21). The molecule has 21 heavy (non-hydrogen) atoms. The zero-order valence-electron chi connectivity index (χ0n) is 11.7.